The zero-order valence-corrected chi connectivity index (χ0v) is 21.1. The first-order valence-corrected chi connectivity index (χ1v) is 12.7. The van der Waals surface area contributed by atoms with Crippen LogP contribution < -0.4 is 4.90 Å². The maximum atomic E-state index is 6.06. The predicted molar refractivity (Wildman–Crippen MR) is 139 cm³/mol. The van der Waals surface area contributed by atoms with Crippen LogP contribution in [0.25, 0.3) is 16.5 Å². The lowest BCUT2D eigenvalue weighted by Crippen LogP contribution is -2.41. The van der Waals surface area contributed by atoms with E-state index in [1.165, 1.54) is 32.4 Å². The molecule has 182 valence electrons. The lowest BCUT2D eigenvalue weighted by Gasteiger charge is -2.40. The van der Waals surface area contributed by atoms with E-state index >= 15 is 0 Å². The maximum Gasteiger partial charge on any atom is 0.162 e. The third-order valence-corrected chi connectivity index (χ3v) is 7.86. The van der Waals surface area contributed by atoms with Crippen molar-refractivity contribution in [2.75, 3.05) is 51.7 Å². The Kier molecular flexibility index (Phi) is 5.73. The molecule has 35 heavy (non-hydrogen) atoms. The van der Waals surface area contributed by atoms with Gasteiger partial charge in [-0.1, -0.05) is 17.7 Å². The molecule has 3 aliphatic heterocycles. The Bertz CT molecular complexity index is 1300. The van der Waals surface area contributed by atoms with Gasteiger partial charge in [-0.2, -0.15) is 5.10 Å². The highest BCUT2D eigenvalue weighted by molar-refractivity contribution is 6.30. The minimum Gasteiger partial charge on any atom is -0.377 e. The van der Waals surface area contributed by atoms with Crippen molar-refractivity contribution in [2.24, 2.45) is 5.41 Å². The van der Waals surface area contributed by atoms with Crippen LogP contribution >= 0.6 is 11.6 Å². The van der Waals surface area contributed by atoms with Crippen molar-refractivity contribution in [1.82, 2.24) is 34.5 Å². The third-order valence-electron chi connectivity index (χ3n) is 7.66. The van der Waals surface area contributed by atoms with Gasteiger partial charge < -0.3 is 14.7 Å². The van der Waals surface area contributed by atoms with E-state index < -0.39 is 0 Å². The summed E-state index contributed by atoms with van der Waals surface area (Å²) in [5.74, 6) is 1.78. The average Bonchev–Trinajstić information content (AvgIpc) is 3.44. The number of hydrogen-bond donors (Lipinski definition) is 0. The van der Waals surface area contributed by atoms with Gasteiger partial charge in [-0.05, 0) is 56.6 Å². The van der Waals surface area contributed by atoms with Crippen molar-refractivity contribution in [3.63, 3.8) is 0 Å². The zero-order chi connectivity index (χ0) is 24.0. The Morgan fingerprint density at radius 3 is 2.57 bits per heavy atom. The maximum absolute atomic E-state index is 6.06. The van der Waals surface area contributed by atoms with Gasteiger partial charge in [-0.25, -0.2) is 9.97 Å². The number of hydrogen-bond acceptors (Lipinski definition) is 7. The molecule has 8 nitrogen and oxygen atoms in total. The van der Waals surface area contributed by atoms with Crippen LogP contribution in [0.2, 0.25) is 5.02 Å². The second-order valence-electron chi connectivity index (χ2n) is 10.3. The Morgan fingerprint density at radius 1 is 1.06 bits per heavy atom. The van der Waals surface area contributed by atoms with Gasteiger partial charge in [0.2, 0.25) is 0 Å². The summed E-state index contributed by atoms with van der Waals surface area (Å²) >= 11 is 6.06. The molecule has 0 aliphatic carbocycles. The smallest absolute Gasteiger partial charge is 0.162 e. The molecule has 3 aliphatic rings. The summed E-state index contributed by atoms with van der Waals surface area (Å²) in [7, 11) is 4.31. The number of piperidine rings is 1. The van der Waals surface area contributed by atoms with Crippen LogP contribution in [0, 0.1) is 5.41 Å². The van der Waals surface area contributed by atoms with Crippen molar-refractivity contribution in [3.05, 3.63) is 59.5 Å². The van der Waals surface area contributed by atoms with E-state index in [2.05, 4.69) is 58.3 Å². The van der Waals surface area contributed by atoms with E-state index in [9.17, 15) is 0 Å². The molecule has 2 fully saturated rings. The molecule has 3 aromatic rings. The fourth-order valence-electron chi connectivity index (χ4n) is 5.61. The number of likely N-dealkylation sites (N-methyl/N-ethyl adjacent to an activating group) is 1. The number of fused-ring (bicyclic) bond motifs is 1. The molecule has 1 spiro atoms. The lowest BCUT2D eigenvalue weighted by molar-refractivity contribution is 0.222. The van der Waals surface area contributed by atoms with Crippen LogP contribution in [0.4, 0.5) is 5.82 Å². The van der Waals surface area contributed by atoms with Crippen LogP contribution in [0.5, 0.6) is 0 Å². The Morgan fingerprint density at radius 2 is 1.89 bits per heavy atom. The van der Waals surface area contributed by atoms with Crippen molar-refractivity contribution in [3.8, 4) is 0 Å². The number of halogens is 1. The van der Waals surface area contributed by atoms with Gasteiger partial charge in [0.25, 0.3) is 0 Å². The quantitative estimate of drug-likeness (QED) is 0.552. The predicted octanol–water partition coefficient (Wildman–Crippen LogP) is 3.69. The van der Waals surface area contributed by atoms with Gasteiger partial charge in [-0.15, -0.1) is 0 Å². The SMILES string of the molecule is CN1C=CC(c2nc(N3CCC4(CCN(C)C4)CC3)c3cc(Cn4cc(Cl)cn4)ncc3n2)=CC1. The van der Waals surface area contributed by atoms with Gasteiger partial charge >= 0.3 is 0 Å². The summed E-state index contributed by atoms with van der Waals surface area (Å²) in [5, 5.41) is 5.99. The summed E-state index contributed by atoms with van der Waals surface area (Å²) < 4.78 is 1.81. The highest BCUT2D eigenvalue weighted by atomic mass is 35.5. The Hall–Kier alpha value is -2.97. The summed E-state index contributed by atoms with van der Waals surface area (Å²) in [6, 6.07) is 2.12. The molecular formula is C26H31ClN8. The van der Waals surface area contributed by atoms with E-state index in [4.69, 9.17) is 26.6 Å². The van der Waals surface area contributed by atoms with Crippen molar-refractivity contribution < 1.29 is 0 Å². The number of rotatable bonds is 4. The van der Waals surface area contributed by atoms with E-state index in [0.29, 0.717) is 17.0 Å². The first kappa shape index (κ1) is 22.5. The second-order valence-corrected chi connectivity index (χ2v) is 10.7. The number of likely N-dealkylation sites (tertiary alicyclic amines) is 1. The number of allylic oxidation sites excluding steroid dienone is 2. The minimum absolute atomic E-state index is 0.461. The highest BCUT2D eigenvalue weighted by Gasteiger charge is 2.39. The number of aromatic nitrogens is 5. The first-order valence-electron chi connectivity index (χ1n) is 12.3. The fourth-order valence-corrected chi connectivity index (χ4v) is 5.77. The van der Waals surface area contributed by atoms with E-state index in [0.717, 1.165) is 53.4 Å². The molecule has 2 saturated heterocycles. The number of anilines is 1. The summed E-state index contributed by atoms with van der Waals surface area (Å²) in [6.07, 6.45) is 15.4. The molecule has 0 radical (unpaired) electrons. The van der Waals surface area contributed by atoms with E-state index in [1.807, 2.05) is 12.4 Å². The molecule has 0 bridgehead atoms. The molecule has 0 unspecified atom stereocenters. The largest absolute Gasteiger partial charge is 0.377 e. The molecule has 9 heteroatoms. The van der Waals surface area contributed by atoms with Gasteiger partial charge in [0.15, 0.2) is 5.82 Å². The average molecular weight is 491 g/mol. The molecule has 0 saturated carbocycles. The van der Waals surface area contributed by atoms with Crippen LogP contribution in [-0.4, -0.2) is 81.4 Å². The summed E-state index contributed by atoms with van der Waals surface area (Å²) in [4.78, 5) is 21.9. The molecular weight excluding hydrogens is 460 g/mol. The number of pyridine rings is 1. The topological polar surface area (TPSA) is 66.2 Å². The van der Waals surface area contributed by atoms with Gasteiger partial charge in [0, 0.05) is 50.4 Å². The van der Waals surface area contributed by atoms with Crippen molar-refractivity contribution in [1.29, 1.82) is 0 Å². The molecule has 6 rings (SSSR count). The second kappa shape index (κ2) is 8.91. The van der Waals surface area contributed by atoms with Gasteiger partial charge in [-0.3, -0.25) is 9.67 Å². The van der Waals surface area contributed by atoms with E-state index in [-0.39, 0.29) is 0 Å². The van der Waals surface area contributed by atoms with Crippen molar-refractivity contribution >= 4 is 33.9 Å². The zero-order valence-electron chi connectivity index (χ0n) is 20.4. The van der Waals surface area contributed by atoms with Crippen LogP contribution in [-0.2, 0) is 6.54 Å². The molecule has 0 N–H and O–H groups in total. The van der Waals surface area contributed by atoms with Gasteiger partial charge in [0.05, 0.1) is 35.2 Å². The number of nitrogens with zero attached hydrogens (tertiary/aromatic N) is 8. The van der Waals surface area contributed by atoms with Crippen LogP contribution in [0.3, 0.4) is 0 Å². The lowest BCUT2D eigenvalue weighted by atomic mass is 9.78. The fraction of sp³-hybridized carbons (Fsp3) is 0.462. The first-order chi connectivity index (χ1) is 17.0. The normalized spacial score (nSPS) is 20.3. The monoisotopic (exact) mass is 490 g/mol. The molecule has 0 amide bonds. The summed E-state index contributed by atoms with van der Waals surface area (Å²) in [5.41, 5.74) is 3.32. The van der Waals surface area contributed by atoms with Crippen LogP contribution in [0.15, 0.2) is 43.0 Å². The molecule has 0 atom stereocenters. The summed E-state index contributed by atoms with van der Waals surface area (Å²) in [6.45, 7) is 5.86. The minimum atomic E-state index is 0.461. The van der Waals surface area contributed by atoms with Crippen molar-refractivity contribution in [2.45, 2.75) is 25.8 Å². The Balaban J connectivity index is 1.37. The highest BCUT2D eigenvalue weighted by Crippen LogP contribution is 2.41. The Labute approximate surface area is 210 Å². The van der Waals surface area contributed by atoms with E-state index in [1.54, 1.807) is 10.9 Å². The molecule has 6 heterocycles. The molecule has 0 aromatic carbocycles. The third kappa shape index (κ3) is 4.52. The van der Waals surface area contributed by atoms with Gasteiger partial charge in [0.1, 0.15) is 5.82 Å². The van der Waals surface area contributed by atoms with Crippen LogP contribution in [0.1, 0.15) is 30.8 Å². The standard InChI is InChI=1S/C26H31ClN8/c1-32-8-3-19(4-9-32)24-30-23-15-28-21(17-35-16-20(27)14-29-35)13-22(23)25(31-24)34-11-6-26(7-12-34)5-10-33(2)18-26/h3-4,8,13-16H,5-7,9-12,17-18H2,1-2H3. The molecule has 3 aromatic heterocycles.